The molecule has 31 heavy (non-hydrogen) atoms. The summed E-state index contributed by atoms with van der Waals surface area (Å²) in [6.45, 7) is -1.29. The number of nitrogens with one attached hydrogen (secondary N) is 1. The number of halogens is 7. The molecule has 1 aromatic carbocycles. The van der Waals surface area contributed by atoms with Crippen LogP contribution in [-0.4, -0.2) is 45.7 Å². The van der Waals surface area contributed by atoms with Crippen LogP contribution in [0.4, 0.5) is 32.3 Å². The first kappa shape index (κ1) is 21.5. The Morgan fingerprint density at radius 2 is 1.84 bits per heavy atom. The second-order valence-corrected chi connectivity index (χ2v) is 8.10. The Bertz CT molecular complexity index is 1090. The molecule has 1 fully saturated rings. The molecule has 1 saturated carbocycles. The molecular formula is C18H11BrF6N4O2. The Labute approximate surface area is 178 Å². The van der Waals surface area contributed by atoms with Gasteiger partial charge in [-0.3, -0.25) is 14.9 Å². The Morgan fingerprint density at radius 3 is 2.39 bits per heavy atom. The van der Waals surface area contributed by atoms with Crippen molar-refractivity contribution in [3.05, 3.63) is 51.5 Å². The molecule has 0 radical (unpaired) electrons. The lowest BCUT2D eigenvalue weighted by Crippen LogP contribution is -2.49. The number of amides is 2. The van der Waals surface area contributed by atoms with Crippen LogP contribution in [0, 0.1) is 5.82 Å². The van der Waals surface area contributed by atoms with Crippen molar-refractivity contribution >= 4 is 33.7 Å². The quantitative estimate of drug-likeness (QED) is 0.640. The molecule has 0 bridgehead atoms. The highest BCUT2D eigenvalue weighted by Crippen LogP contribution is 2.64. The van der Waals surface area contributed by atoms with Crippen LogP contribution >= 0.6 is 15.9 Å². The number of carbonyl (C=O) groups is 2. The van der Waals surface area contributed by atoms with Crippen molar-refractivity contribution in [3.63, 3.8) is 0 Å². The zero-order chi connectivity index (χ0) is 22.8. The van der Waals surface area contributed by atoms with Crippen molar-refractivity contribution in [2.24, 2.45) is 0 Å². The normalized spacial score (nSPS) is 21.8. The van der Waals surface area contributed by atoms with Crippen molar-refractivity contribution < 1.29 is 35.9 Å². The van der Waals surface area contributed by atoms with E-state index in [-0.39, 0.29) is 15.6 Å². The van der Waals surface area contributed by atoms with Crippen LogP contribution in [-0.2, 0) is 16.4 Å². The molecule has 1 aliphatic heterocycles. The average molecular weight is 509 g/mol. The van der Waals surface area contributed by atoms with Gasteiger partial charge in [-0.2, -0.15) is 13.2 Å². The summed E-state index contributed by atoms with van der Waals surface area (Å²) in [6.07, 6.45) is -4.42. The summed E-state index contributed by atoms with van der Waals surface area (Å²) in [4.78, 5) is 32.6. The predicted molar refractivity (Wildman–Crippen MR) is 96.9 cm³/mol. The fraction of sp³-hybridized carbons (Fsp3) is 0.333. The van der Waals surface area contributed by atoms with E-state index >= 15 is 0 Å². The van der Waals surface area contributed by atoms with E-state index in [1.807, 2.05) is 0 Å². The van der Waals surface area contributed by atoms with Gasteiger partial charge in [0.1, 0.15) is 12.4 Å². The summed E-state index contributed by atoms with van der Waals surface area (Å²) in [6, 6.07) is 2.41. The highest BCUT2D eigenvalue weighted by molar-refractivity contribution is 9.10. The molecule has 2 amide bonds. The van der Waals surface area contributed by atoms with Crippen molar-refractivity contribution in [1.82, 2.24) is 14.9 Å². The van der Waals surface area contributed by atoms with Gasteiger partial charge in [0.2, 0.25) is 11.9 Å². The fourth-order valence-electron chi connectivity index (χ4n) is 3.63. The molecule has 164 valence electrons. The number of aromatic nitrogens is 2. The van der Waals surface area contributed by atoms with Crippen molar-refractivity contribution in [2.45, 2.75) is 23.9 Å². The van der Waals surface area contributed by atoms with E-state index in [9.17, 15) is 35.9 Å². The summed E-state index contributed by atoms with van der Waals surface area (Å²) in [7, 11) is 0. The van der Waals surface area contributed by atoms with E-state index < -0.39 is 66.2 Å². The molecule has 1 aromatic heterocycles. The third-order valence-corrected chi connectivity index (χ3v) is 5.83. The molecule has 13 heteroatoms. The van der Waals surface area contributed by atoms with Gasteiger partial charge in [0.05, 0.1) is 15.5 Å². The lowest BCUT2D eigenvalue weighted by atomic mass is 9.85. The topological polar surface area (TPSA) is 75.2 Å². The number of fused-ring (bicyclic) bond motifs is 2. The summed E-state index contributed by atoms with van der Waals surface area (Å²) in [5.41, 5.74) is -3.74. The maximum Gasteiger partial charge on any atom is 0.419 e. The van der Waals surface area contributed by atoms with Crippen molar-refractivity contribution in [3.8, 4) is 0 Å². The van der Waals surface area contributed by atoms with E-state index in [0.29, 0.717) is 12.4 Å². The number of benzene rings is 1. The molecule has 4 rings (SSSR count). The first-order valence-corrected chi connectivity index (χ1v) is 9.50. The lowest BCUT2D eigenvalue weighted by molar-refractivity contribution is -0.138. The number of nitrogens with zero attached hydrogens (tertiary/aromatic N) is 3. The van der Waals surface area contributed by atoms with Crippen LogP contribution in [0.1, 0.15) is 27.9 Å². The van der Waals surface area contributed by atoms with Gasteiger partial charge in [0, 0.05) is 36.5 Å². The minimum Gasteiger partial charge on any atom is -0.328 e. The van der Waals surface area contributed by atoms with E-state index in [1.165, 1.54) is 12.1 Å². The second kappa shape index (κ2) is 6.90. The maximum absolute atomic E-state index is 14.6. The molecule has 1 spiro atoms. The summed E-state index contributed by atoms with van der Waals surface area (Å²) in [5, 5.41) is 2.11. The average Bonchev–Trinajstić information content (AvgIpc) is 3.21. The maximum atomic E-state index is 14.6. The largest absolute Gasteiger partial charge is 0.419 e. The molecular weight excluding hydrogens is 498 g/mol. The highest BCUT2D eigenvalue weighted by Gasteiger charge is 2.75. The smallest absolute Gasteiger partial charge is 0.328 e. The molecule has 1 unspecified atom stereocenters. The van der Waals surface area contributed by atoms with Gasteiger partial charge < -0.3 is 4.90 Å². The van der Waals surface area contributed by atoms with E-state index in [1.54, 1.807) is 0 Å². The minimum atomic E-state index is -4.66. The number of hydrogen-bond acceptors (Lipinski definition) is 4. The molecule has 1 N–H and O–H groups in total. The Balaban J connectivity index is 1.55. The van der Waals surface area contributed by atoms with Crippen LogP contribution in [0.2, 0.25) is 0 Å². The van der Waals surface area contributed by atoms with Gasteiger partial charge in [-0.25, -0.2) is 23.1 Å². The van der Waals surface area contributed by atoms with Crippen LogP contribution in [0.3, 0.4) is 0 Å². The molecule has 2 aromatic rings. The molecule has 2 heterocycles. The number of hydrogen-bond donors (Lipinski definition) is 1. The van der Waals surface area contributed by atoms with Crippen molar-refractivity contribution in [2.75, 3.05) is 18.4 Å². The van der Waals surface area contributed by atoms with Crippen LogP contribution < -0.4 is 5.32 Å². The van der Waals surface area contributed by atoms with E-state index in [2.05, 4.69) is 31.2 Å². The first-order chi connectivity index (χ1) is 14.4. The Hall–Kier alpha value is -2.70. The van der Waals surface area contributed by atoms with Gasteiger partial charge in [-0.05, 0) is 28.1 Å². The summed E-state index contributed by atoms with van der Waals surface area (Å²) in [5.74, 6) is -6.41. The third kappa shape index (κ3) is 3.54. The van der Waals surface area contributed by atoms with E-state index in [0.717, 1.165) is 4.90 Å². The summed E-state index contributed by atoms with van der Waals surface area (Å²) >= 11 is 2.93. The number of anilines is 1. The SMILES string of the molecule is O=C(CN1CC2(CC2(F)F)c2c(ccc(Br)c2F)C1=O)Nc1ncc(C(F)(F)F)cn1. The standard InChI is InChI=1S/C18H11BrF6N4O2/c19-10-2-1-9-12(13(10)20)16(6-17(16,21)22)7-29(14(9)31)5-11(30)28-15-26-3-8(4-27-15)18(23,24)25/h1-4H,5-7H2,(H,26,27,28,30). The van der Waals surface area contributed by atoms with Crippen LogP contribution in [0.15, 0.2) is 29.0 Å². The van der Waals surface area contributed by atoms with Gasteiger partial charge in [0.25, 0.3) is 11.8 Å². The first-order valence-electron chi connectivity index (χ1n) is 8.70. The van der Waals surface area contributed by atoms with Crippen LogP contribution in [0.25, 0.3) is 0 Å². The number of carbonyl (C=O) groups excluding carboxylic acids is 2. The monoisotopic (exact) mass is 508 g/mol. The van der Waals surface area contributed by atoms with Crippen molar-refractivity contribution in [1.29, 1.82) is 0 Å². The molecule has 2 aliphatic rings. The highest BCUT2D eigenvalue weighted by atomic mass is 79.9. The van der Waals surface area contributed by atoms with E-state index in [4.69, 9.17) is 0 Å². The molecule has 1 atom stereocenters. The van der Waals surface area contributed by atoms with Gasteiger partial charge >= 0.3 is 6.18 Å². The third-order valence-electron chi connectivity index (χ3n) is 5.22. The Morgan fingerprint density at radius 1 is 1.23 bits per heavy atom. The molecule has 0 saturated heterocycles. The second-order valence-electron chi connectivity index (χ2n) is 7.25. The minimum absolute atomic E-state index is 0.0632. The number of alkyl halides is 5. The van der Waals surface area contributed by atoms with Gasteiger partial charge in [0.15, 0.2) is 0 Å². The zero-order valence-electron chi connectivity index (χ0n) is 15.2. The predicted octanol–water partition coefficient (Wildman–Crippen LogP) is 3.77. The lowest BCUT2D eigenvalue weighted by Gasteiger charge is -2.34. The fourth-order valence-corrected chi connectivity index (χ4v) is 3.96. The number of rotatable bonds is 3. The van der Waals surface area contributed by atoms with Crippen LogP contribution in [0.5, 0.6) is 0 Å². The molecule has 6 nitrogen and oxygen atoms in total. The zero-order valence-corrected chi connectivity index (χ0v) is 16.8. The van der Waals surface area contributed by atoms with Gasteiger partial charge in [-0.1, -0.05) is 0 Å². The summed E-state index contributed by atoms with van der Waals surface area (Å²) < 4.78 is 80.7. The van der Waals surface area contributed by atoms with Gasteiger partial charge in [-0.15, -0.1) is 0 Å². The molecule has 1 aliphatic carbocycles. The Kier molecular flexibility index (Phi) is 4.79.